The minimum absolute atomic E-state index is 0.0308. The Morgan fingerprint density at radius 3 is 2.83 bits per heavy atom. The van der Waals surface area contributed by atoms with Crippen LogP contribution in [0.3, 0.4) is 0 Å². The lowest BCUT2D eigenvalue weighted by Gasteiger charge is -2.27. The number of carbonyl (C=O) groups excluding carboxylic acids is 2. The zero-order valence-corrected chi connectivity index (χ0v) is 11.4. The van der Waals surface area contributed by atoms with Crippen molar-refractivity contribution in [2.24, 2.45) is 5.92 Å². The van der Waals surface area contributed by atoms with Gasteiger partial charge in [-0.3, -0.25) is 9.59 Å². The maximum Gasteiger partial charge on any atom is 0.326 e. The Kier molecular flexibility index (Phi) is 4.69. The largest absolute Gasteiger partial charge is 0.461 e. The lowest BCUT2D eigenvalue weighted by Crippen LogP contribution is -2.36. The van der Waals surface area contributed by atoms with E-state index >= 15 is 0 Å². The number of hydrogen-bond donors (Lipinski definition) is 0. The van der Waals surface area contributed by atoms with Crippen molar-refractivity contribution in [1.82, 2.24) is 4.90 Å². The van der Waals surface area contributed by atoms with Gasteiger partial charge < -0.3 is 9.64 Å². The van der Waals surface area contributed by atoms with Gasteiger partial charge in [0, 0.05) is 6.20 Å². The van der Waals surface area contributed by atoms with Crippen LogP contribution >= 0.6 is 11.8 Å². The molecule has 0 radical (unpaired) electrons. The van der Waals surface area contributed by atoms with Crippen LogP contribution in [0.5, 0.6) is 0 Å². The topological polar surface area (TPSA) is 46.6 Å². The van der Waals surface area contributed by atoms with Gasteiger partial charge >= 0.3 is 5.97 Å². The fourth-order valence-electron chi connectivity index (χ4n) is 2.25. The lowest BCUT2D eigenvalue weighted by atomic mass is 9.89. The van der Waals surface area contributed by atoms with E-state index in [1.807, 2.05) is 5.41 Å². The normalized spacial score (nSPS) is 28.3. The molecular weight excluding hydrogens is 250 g/mol. The van der Waals surface area contributed by atoms with Crippen LogP contribution in [0.15, 0.2) is 11.6 Å². The molecule has 2 aliphatic rings. The van der Waals surface area contributed by atoms with Crippen LogP contribution in [0.1, 0.15) is 32.6 Å². The van der Waals surface area contributed by atoms with Crippen LogP contribution in [0.2, 0.25) is 0 Å². The van der Waals surface area contributed by atoms with Gasteiger partial charge in [0.1, 0.15) is 12.6 Å². The van der Waals surface area contributed by atoms with E-state index in [2.05, 4.69) is 6.92 Å². The number of carbonyl (C=O) groups is 2. The van der Waals surface area contributed by atoms with Gasteiger partial charge in [-0.1, -0.05) is 6.92 Å². The molecular formula is C13H19NO3S. The predicted octanol–water partition coefficient (Wildman–Crippen LogP) is 2.15. The molecule has 1 amide bonds. The molecule has 5 heteroatoms. The molecule has 100 valence electrons. The summed E-state index contributed by atoms with van der Waals surface area (Å²) in [5.41, 5.74) is 0. The highest BCUT2D eigenvalue weighted by Gasteiger charge is 2.23. The molecule has 0 aromatic heterocycles. The van der Waals surface area contributed by atoms with E-state index in [4.69, 9.17) is 4.74 Å². The molecule has 1 saturated carbocycles. The average molecular weight is 269 g/mol. The summed E-state index contributed by atoms with van der Waals surface area (Å²) >= 11 is 1.45. The van der Waals surface area contributed by atoms with Crippen molar-refractivity contribution in [2.75, 3.05) is 12.3 Å². The highest BCUT2D eigenvalue weighted by Crippen LogP contribution is 2.25. The van der Waals surface area contributed by atoms with Gasteiger partial charge in [0.2, 0.25) is 5.91 Å². The first kappa shape index (κ1) is 13.5. The SMILES string of the molecule is CC1CCC(OC(=O)CN2C=CSCC2=O)CC1. The Morgan fingerprint density at radius 2 is 2.17 bits per heavy atom. The number of hydrogen-bond acceptors (Lipinski definition) is 4. The van der Waals surface area contributed by atoms with Gasteiger partial charge in [0.25, 0.3) is 0 Å². The Bertz CT molecular complexity index is 348. The number of esters is 1. The van der Waals surface area contributed by atoms with Gasteiger partial charge in [0.15, 0.2) is 0 Å². The molecule has 1 fully saturated rings. The summed E-state index contributed by atoms with van der Waals surface area (Å²) in [4.78, 5) is 24.7. The summed E-state index contributed by atoms with van der Waals surface area (Å²) < 4.78 is 5.42. The van der Waals surface area contributed by atoms with Crippen molar-refractivity contribution in [3.63, 3.8) is 0 Å². The molecule has 4 nitrogen and oxygen atoms in total. The van der Waals surface area contributed by atoms with Crippen LogP contribution in [-0.4, -0.2) is 35.2 Å². The molecule has 0 aromatic rings. The number of rotatable bonds is 3. The van der Waals surface area contributed by atoms with Gasteiger partial charge in [-0.25, -0.2) is 0 Å². The third-order valence-electron chi connectivity index (χ3n) is 3.42. The minimum atomic E-state index is -0.292. The monoisotopic (exact) mass is 269 g/mol. The summed E-state index contributed by atoms with van der Waals surface area (Å²) in [5, 5.41) is 1.83. The fraction of sp³-hybridized carbons (Fsp3) is 0.692. The lowest BCUT2D eigenvalue weighted by molar-refractivity contribution is -0.153. The zero-order chi connectivity index (χ0) is 13.0. The second kappa shape index (κ2) is 6.27. The third kappa shape index (κ3) is 3.77. The Balaban J connectivity index is 1.76. The highest BCUT2D eigenvalue weighted by molar-refractivity contribution is 8.02. The van der Waals surface area contributed by atoms with Crippen LogP contribution in [0.25, 0.3) is 0 Å². The Hall–Kier alpha value is -0.970. The van der Waals surface area contributed by atoms with Gasteiger partial charge in [0.05, 0.1) is 5.75 Å². The molecule has 0 unspecified atom stereocenters. The van der Waals surface area contributed by atoms with Gasteiger partial charge in [-0.05, 0) is 37.0 Å². The van der Waals surface area contributed by atoms with E-state index in [-0.39, 0.29) is 24.5 Å². The number of thioether (sulfide) groups is 1. The number of ether oxygens (including phenoxy) is 1. The predicted molar refractivity (Wildman–Crippen MR) is 70.8 cm³/mol. The Labute approximate surface area is 112 Å². The van der Waals surface area contributed by atoms with Crippen molar-refractivity contribution in [3.8, 4) is 0 Å². The fourth-order valence-corrected chi connectivity index (χ4v) is 2.89. The average Bonchev–Trinajstić information content (AvgIpc) is 2.35. The molecule has 2 rings (SSSR count). The van der Waals surface area contributed by atoms with Crippen molar-refractivity contribution < 1.29 is 14.3 Å². The van der Waals surface area contributed by atoms with E-state index in [9.17, 15) is 9.59 Å². The summed E-state index contributed by atoms with van der Waals surface area (Å²) in [6.45, 7) is 2.27. The summed E-state index contributed by atoms with van der Waals surface area (Å²) in [6, 6.07) is 0. The van der Waals surface area contributed by atoms with Gasteiger partial charge in [-0.2, -0.15) is 0 Å². The molecule has 0 aromatic carbocycles. The first-order valence-corrected chi connectivity index (χ1v) is 7.47. The van der Waals surface area contributed by atoms with E-state index in [1.165, 1.54) is 16.7 Å². The first-order valence-electron chi connectivity index (χ1n) is 6.42. The van der Waals surface area contributed by atoms with E-state index < -0.39 is 0 Å². The second-order valence-electron chi connectivity index (χ2n) is 4.99. The molecule has 18 heavy (non-hydrogen) atoms. The molecule has 1 aliphatic carbocycles. The second-order valence-corrected chi connectivity index (χ2v) is 5.88. The quantitative estimate of drug-likeness (QED) is 0.737. The Morgan fingerprint density at radius 1 is 1.44 bits per heavy atom. The van der Waals surface area contributed by atoms with Gasteiger partial charge in [-0.15, -0.1) is 11.8 Å². The smallest absolute Gasteiger partial charge is 0.326 e. The molecule has 0 saturated heterocycles. The molecule has 1 aliphatic heterocycles. The summed E-state index contributed by atoms with van der Waals surface area (Å²) in [5.74, 6) is 0.824. The zero-order valence-electron chi connectivity index (χ0n) is 10.6. The molecule has 1 heterocycles. The van der Waals surface area contributed by atoms with Crippen LogP contribution in [0.4, 0.5) is 0 Å². The van der Waals surface area contributed by atoms with Crippen LogP contribution in [0, 0.1) is 5.92 Å². The summed E-state index contributed by atoms with van der Waals surface area (Å²) in [6.07, 6.45) is 5.85. The van der Waals surface area contributed by atoms with E-state index in [1.54, 1.807) is 6.20 Å². The van der Waals surface area contributed by atoms with E-state index in [0.717, 1.165) is 31.6 Å². The molecule has 0 N–H and O–H groups in total. The van der Waals surface area contributed by atoms with E-state index in [0.29, 0.717) is 5.75 Å². The molecule has 0 bridgehead atoms. The van der Waals surface area contributed by atoms with Crippen molar-refractivity contribution in [2.45, 2.75) is 38.7 Å². The molecule has 0 spiro atoms. The third-order valence-corrected chi connectivity index (χ3v) is 4.15. The number of nitrogens with zero attached hydrogens (tertiary/aromatic N) is 1. The first-order chi connectivity index (χ1) is 8.65. The van der Waals surface area contributed by atoms with Crippen LogP contribution < -0.4 is 0 Å². The number of amides is 1. The maximum absolute atomic E-state index is 11.7. The summed E-state index contributed by atoms with van der Waals surface area (Å²) in [7, 11) is 0. The van der Waals surface area contributed by atoms with Crippen molar-refractivity contribution in [1.29, 1.82) is 0 Å². The van der Waals surface area contributed by atoms with Crippen molar-refractivity contribution >= 4 is 23.6 Å². The van der Waals surface area contributed by atoms with Crippen molar-refractivity contribution in [3.05, 3.63) is 11.6 Å². The minimum Gasteiger partial charge on any atom is -0.461 e. The maximum atomic E-state index is 11.7. The van der Waals surface area contributed by atoms with Crippen LogP contribution in [-0.2, 0) is 14.3 Å². The molecule has 0 atom stereocenters. The standard InChI is InChI=1S/C13H19NO3S/c1-10-2-4-11(5-3-10)17-13(16)8-14-6-7-18-9-12(14)15/h6-7,10-11H,2-5,8-9H2,1H3. The highest BCUT2D eigenvalue weighted by atomic mass is 32.2.